The third-order valence-corrected chi connectivity index (χ3v) is 4.35. The minimum Gasteiger partial charge on any atom is -0.289 e. The first-order valence-corrected chi connectivity index (χ1v) is 8.37. The SMILES string of the molecule is O=C(NNC(=O)c1cccs1)c1ccc(C(=O)c2ccccc2)cc1. The summed E-state index contributed by atoms with van der Waals surface area (Å²) in [6.45, 7) is 0. The lowest BCUT2D eigenvalue weighted by atomic mass is 10.0. The maximum Gasteiger partial charge on any atom is 0.279 e. The Hall–Kier alpha value is -3.25. The van der Waals surface area contributed by atoms with Crippen molar-refractivity contribution < 1.29 is 14.4 Å². The van der Waals surface area contributed by atoms with Crippen molar-refractivity contribution in [1.82, 2.24) is 10.9 Å². The van der Waals surface area contributed by atoms with Gasteiger partial charge >= 0.3 is 0 Å². The summed E-state index contributed by atoms with van der Waals surface area (Å²) in [5.74, 6) is -0.943. The molecule has 0 fully saturated rings. The van der Waals surface area contributed by atoms with E-state index < -0.39 is 5.91 Å². The Labute approximate surface area is 148 Å². The molecule has 0 atom stereocenters. The predicted octanol–water partition coefficient (Wildman–Crippen LogP) is 3.05. The molecule has 1 heterocycles. The molecule has 3 rings (SSSR count). The summed E-state index contributed by atoms with van der Waals surface area (Å²) in [5.41, 5.74) is 6.12. The van der Waals surface area contributed by atoms with Crippen LogP contribution in [0.15, 0.2) is 72.1 Å². The lowest BCUT2D eigenvalue weighted by molar-refractivity contribution is 0.0849. The Bertz CT molecular complexity index is 888. The molecule has 0 radical (unpaired) electrons. The van der Waals surface area contributed by atoms with E-state index in [1.54, 1.807) is 66.0 Å². The monoisotopic (exact) mass is 350 g/mol. The highest BCUT2D eigenvalue weighted by Gasteiger charge is 2.12. The molecule has 0 saturated carbocycles. The zero-order chi connectivity index (χ0) is 17.6. The number of thiophene rings is 1. The largest absolute Gasteiger partial charge is 0.289 e. The number of rotatable bonds is 4. The van der Waals surface area contributed by atoms with Crippen LogP contribution in [-0.4, -0.2) is 17.6 Å². The number of carbonyl (C=O) groups is 3. The van der Waals surface area contributed by atoms with E-state index in [2.05, 4.69) is 10.9 Å². The molecule has 0 aliphatic heterocycles. The molecule has 2 amide bonds. The Morgan fingerprint density at radius 2 is 1.24 bits per heavy atom. The van der Waals surface area contributed by atoms with E-state index in [1.807, 2.05) is 6.07 Å². The number of hydrogen-bond acceptors (Lipinski definition) is 4. The first-order chi connectivity index (χ1) is 12.1. The molecule has 0 saturated heterocycles. The topological polar surface area (TPSA) is 75.3 Å². The van der Waals surface area contributed by atoms with Crippen LogP contribution in [0.2, 0.25) is 0 Å². The van der Waals surface area contributed by atoms with Gasteiger partial charge < -0.3 is 0 Å². The fourth-order valence-electron chi connectivity index (χ4n) is 2.18. The lowest BCUT2D eigenvalue weighted by Crippen LogP contribution is -2.41. The van der Waals surface area contributed by atoms with Crippen molar-refractivity contribution in [2.75, 3.05) is 0 Å². The predicted molar refractivity (Wildman–Crippen MR) is 95.6 cm³/mol. The van der Waals surface area contributed by atoms with Crippen LogP contribution in [0.4, 0.5) is 0 Å². The van der Waals surface area contributed by atoms with Gasteiger partial charge in [-0.1, -0.05) is 48.5 Å². The van der Waals surface area contributed by atoms with Crippen molar-refractivity contribution in [2.24, 2.45) is 0 Å². The highest BCUT2D eigenvalue weighted by molar-refractivity contribution is 7.12. The normalized spacial score (nSPS) is 10.1. The Morgan fingerprint density at radius 3 is 1.88 bits per heavy atom. The smallest absolute Gasteiger partial charge is 0.279 e. The molecule has 0 spiro atoms. The van der Waals surface area contributed by atoms with E-state index in [9.17, 15) is 14.4 Å². The first kappa shape index (κ1) is 16.6. The van der Waals surface area contributed by atoms with E-state index in [1.165, 1.54) is 11.3 Å². The molecule has 0 aliphatic carbocycles. The second kappa shape index (κ2) is 7.55. The summed E-state index contributed by atoms with van der Waals surface area (Å²) in [6.07, 6.45) is 0. The van der Waals surface area contributed by atoms with Gasteiger partial charge in [-0.2, -0.15) is 0 Å². The molecular weight excluding hydrogens is 336 g/mol. The van der Waals surface area contributed by atoms with E-state index in [0.717, 1.165) is 0 Å². The summed E-state index contributed by atoms with van der Waals surface area (Å²) in [5, 5.41) is 1.78. The minimum absolute atomic E-state index is 0.112. The molecule has 6 heteroatoms. The molecule has 1 aromatic heterocycles. The van der Waals surface area contributed by atoms with Crippen molar-refractivity contribution in [3.05, 3.63) is 93.7 Å². The maximum atomic E-state index is 12.3. The van der Waals surface area contributed by atoms with Crippen LogP contribution in [0.25, 0.3) is 0 Å². The van der Waals surface area contributed by atoms with Crippen molar-refractivity contribution in [2.45, 2.75) is 0 Å². The van der Waals surface area contributed by atoms with E-state index in [0.29, 0.717) is 21.6 Å². The summed E-state index contributed by atoms with van der Waals surface area (Å²) in [6, 6.07) is 18.6. The molecule has 2 N–H and O–H groups in total. The second-order valence-corrected chi connectivity index (χ2v) is 6.11. The number of nitrogens with one attached hydrogen (secondary N) is 2. The van der Waals surface area contributed by atoms with Crippen LogP contribution in [0, 0.1) is 0 Å². The van der Waals surface area contributed by atoms with Gasteiger partial charge in [0.15, 0.2) is 5.78 Å². The van der Waals surface area contributed by atoms with Gasteiger partial charge in [0, 0.05) is 16.7 Å². The number of carbonyl (C=O) groups excluding carboxylic acids is 3. The number of benzene rings is 2. The van der Waals surface area contributed by atoms with Gasteiger partial charge in [0.2, 0.25) is 0 Å². The molecule has 2 aromatic carbocycles. The van der Waals surface area contributed by atoms with Gasteiger partial charge in [-0.3, -0.25) is 25.2 Å². The van der Waals surface area contributed by atoms with Gasteiger partial charge in [-0.25, -0.2) is 0 Å². The van der Waals surface area contributed by atoms with Crippen LogP contribution in [0.5, 0.6) is 0 Å². The fourth-order valence-corrected chi connectivity index (χ4v) is 2.80. The standard InChI is InChI=1S/C19H14N2O3S/c22-17(13-5-2-1-3-6-13)14-8-10-15(11-9-14)18(23)20-21-19(24)16-7-4-12-25-16/h1-12H,(H,20,23)(H,21,24). The van der Waals surface area contributed by atoms with Crippen molar-refractivity contribution >= 4 is 28.9 Å². The quantitative estimate of drug-likeness (QED) is 0.561. The highest BCUT2D eigenvalue weighted by Crippen LogP contribution is 2.11. The molecule has 0 unspecified atom stereocenters. The summed E-state index contributed by atoms with van der Waals surface area (Å²) in [7, 11) is 0. The van der Waals surface area contributed by atoms with E-state index >= 15 is 0 Å². The van der Waals surface area contributed by atoms with Crippen LogP contribution < -0.4 is 10.9 Å². The Kier molecular flexibility index (Phi) is 5.01. The highest BCUT2D eigenvalue weighted by atomic mass is 32.1. The minimum atomic E-state index is -0.455. The van der Waals surface area contributed by atoms with Gasteiger partial charge in [0.25, 0.3) is 11.8 Å². The van der Waals surface area contributed by atoms with Gasteiger partial charge in [0.05, 0.1) is 4.88 Å². The van der Waals surface area contributed by atoms with E-state index in [4.69, 9.17) is 0 Å². The summed E-state index contributed by atoms with van der Waals surface area (Å²) in [4.78, 5) is 36.7. The zero-order valence-corrected chi connectivity index (χ0v) is 13.9. The third-order valence-electron chi connectivity index (χ3n) is 3.48. The van der Waals surface area contributed by atoms with E-state index in [-0.39, 0.29) is 11.7 Å². The van der Waals surface area contributed by atoms with Gasteiger partial charge in [-0.05, 0) is 23.6 Å². The first-order valence-electron chi connectivity index (χ1n) is 7.49. The van der Waals surface area contributed by atoms with Crippen LogP contribution in [-0.2, 0) is 0 Å². The average molecular weight is 350 g/mol. The van der Waals surface area contributed by atoms with Crippen LogP contribution in [0.3, 0.4) is 0 Å². The molecule has 0 aliphatic rings. The Morgan fingerprint density at radius 1 is 0.640 bits per heavy atom. The second-order valence-electron chi connectivity index (χ2n) is 5.16. The number of ketones is 1. The molecule has 124 valence electrons. The van der Waals surface area contributed by atoms with Crippen molar-refractivity contribution in [3.63, 3.8) is 0 Å². The summed E-state index contributed by atoms with van der Waals surface area (Å²) < 4.78 is 0. The van der Waals surface area contributed by atoms with Gasteiger partial charge in [0.1, 0.15) is 0 Å². The molecule has 3 aromatic rings. The van der Waals surface area contributed by atoms with Crippen molar-refractivity contribution in [1.29, 1.82) is 0 Å². The molecule has 5 nitrogen and oxygen atoms in total. The zero-order valence-electron chi connectivity index (χ0n) is 13.1. The van der Waals surface area contributed by atoms with Crippen molar-refractivity contribution in [3.8, 4) is 0 Å². The average Bonchev–Trinajstić information content (AvgIpc) is 3.21. The number of hydrazine groups is 1. The van der Waals surface area contributed by atoms with Gasteiger partial charge in [-0.15, -0.1) is 11.3 Å². The summed E-state index contributed by atoms with van der Waals surface area (Å²) >= 11 is 1.28. The molecule has 0 bridgehead atoms. The Balaban J connectivity index is 1.63. The molecule has 25 heavy (non-hydrogen) atoms. The van der Waals surface area contributed by atoms with Crippen LogP contribution in [0.1, 0.15) is 36.0 Å². The lowest BCUT2D eigenvalue weighted by Gasteiger charge is -2.07. The fraction of sp³-hybridized carbons (Fsp3) is 0. The molecular formula is C19H14N2O3S. The number of hydrogen-bond donors (Lipinski definition) is 2. The third kappa shape index (κ3) is 3.99. The maximum absolute atomic E-state index is 12.3. The number of amides is 2. The van der Waals surface area contributed by atoms with Crippen LogP contribution >= 0.6 is 11.3 Å².